The molecule has 1 heterocycles. The zero-order valence-corrected chi connectivity index (χ0v) is 19.0. The maximum absolute atomic E-state index is 13.4. The van der Waals surface area contributed by atoms with Gasteiger partial charge in [0, 0.05) is 10.7 Å². The molecule has 0 spiro atoms. The first-order valence-corrected chi connectivity index (χ1v) is 11.2. The number of fused-ring (bicyclic) bond motifs is 1. The largest absolute Gasteiger partial charge is 0.495 e. The van der Waals surface area contributed by atoms with Crippen LogP contribution in [0.1, 0.15) is 5.56 Å². The Morgan fingerprint density at radius 2 is 1.88 bits per heavy atom. The summed E-state index contributed by atoms with van der Waals surface area (Å²) >= 11 is 7.28. The molecular weight excluding hydrogens is 446 g/mol. The van der Waals surface area contributed by atoms with Gasteiger partial charge in [0.1, 0.15) is 5.75 Å². The second-order valence-corrected chi connectivity index (χ2v) is 8.45. The van der Waals surface area contributed by atoms with E-state index in [0.717, 1.165) is 5.56 Å². The van der Waals surface area contributed by atoms with Crippen LogP contribution in [-0.2, 0) is 4.79 Å². The Morgan fingerprint density at radius 3 is 2.62 bits per heavy atom. The number of aryl methyl sites for hydroxylation is 1. The summed E-state index contributed by atoms with van der Waals surface area (Å²) in [6.45, 7) is 1.98. The van der Waals surface area contributed by atoms with Gasteiger partial charge in [0.25, 0.3) is 5.56 Å². The lowest BCUT2D eigenvalue weighted by Crippen LogP contribution is -2.23. The van der Waals surface area contributed by atoms with Gasteiger partial charge in [-0.2, -0.15) is 0 Å². The Kier molecular flexibility index (Phi) is 6.48. The number of halogens is 1. The molecule has 0 aliphatic heterocycles. The number of methoxy groups -OCH3 is 1. The van der Waals surface area contributed by atoms with Crippen LogP contribution in [0.25, 0.3) is 16.6 Å². The summed E-state index contributed by atoms with van der Waals surface area (Å²) in [4.78, 5) is 30.6. The topological polar surface area (TPSA) is 73.2 Å². The minimum Gasteiger partial charge on any atom is -0.495 e. The molecule has 3 aromatic carbocycles. The molecule has 0 saturated carbocycles. The molecule has 0 unspecified atom stereocenters. The predicted molar refractivity (Wildman–Crippen MR) is 129 cm³/mol. The van der Waals surface area contributed by atoms with Crippen LogP contribution in [0.4, 0.5) is 5.69 Å². The summed E-state index contributed by atoms with van der Waals surface area (Å²) in [7, 11) is 1.54. The van der Waals surface area contributed by atoms with E-state index in [-0.39, 0.29) is 17.2 Å². The van der Waals surface area contributed by atoms with Crippen LogP contribution in [0.2, 0.25) is 5.02 Å². The minimum atomic E-state index is -0.266. The number of nitrogens with one attached hydrogen (secondary N) is 1. The Balaban J connectivity index is 1.72. The Hall–Kier alpha value is -3.29. The number of anilines is 1. The van der Waals surface area contributed by atoms with Crippen molar-refractivity contribution in [1.82, 2.24) is 9.55 Å². The smallest absolute Gasteiger partial charge is 0.266 e. The van der Waals surface area contributed by atoms with Gasteiger partial charge in [0.15, 0.2) is 5.16 Å². The molecule has 0 aliphatic carbocycles. The number of aromatic nitrogens is 2. The van der Waals surface area contributed by atoms with Crippen molar-refractivity contribution in [2.75, 3.05) is 18.2 Å². The van der Waals surface area contributed by atoms with Gasteiger partial charge < -0.3 is 10.1 Å². The van der Waals surface area contributed by atoms with E-state index in [9.17, 15) is 9.59 Å². The van der Waals surface area contributed by atoms with Gasteiger partial charge in [-0.25, -0.2) is 4.98 Å². The highest BCUT2D eigenvalue weighted by molar-refractivity contribution is 7.99. The lowest BCUT2D eigenvalue weighted by Gasteiger charge is -2.15. The molecule has 0 atom stereocenters. The van der Waals surface area contributed by atoms with Gasteiger partial charge >= 0.3 is 0 Å². The average Bonchev–Trinajstić information content (AvgIpc) is 2.79. The summed E-state index contributed by atoms with van der Waals surface area (Å²) in [5, 5.41) is 4.13. The first-order valence-electron chi connectivity index (χ1n) is 9.81. The van der Waals surface area contributed by atoms with Crippen LogP contribution >= 0.6 is 23.4 Å². The van der Waals surface area contributed by atoms with Crippen LogP contribution in [0.5, 0.6) is 5.75 Å². The summed E-state index contributed by atoms with van der Waals surface area (Å²) in [6, 6.07) is 19.7. The van der Waals surface area contributed by atoms with Crippen LogP contribution < -0.4 is 15.6 Å². The SMILES string of the molecule is COc1ccccc1-n1c(SCC(=O)Nc2ccc(C)cc2)nc2cc(Cl)ccc2c1=O. The van der Waals surface area contributed by atoms with Crippen molar-refractivity contribution >= 4 is 45.9 Å². The first-order chi connectivity index (χ1) is 15.5. The Bertz CT molecular complexity index is 1350. The van der Waals surface area contributed by atoms with E-state index in [4.69, 9.17) is 16.3 Å². The Labute approximate surface area is 194 Å². The maximum atomic E-state index is 13.4. The lowest BCUT2D eigenvalue weighted by atomic mass is 10.2. The number of para-hydroxylation sites is 2. The summed E-state index contributed by atoms with van der Waals surface area (Å²) < 4.78 is 6.93. The zero-order valence-electron chi connectivity index (χ0n) is 17.5. The number of hydrogen-bond acceptors (Lipinski definition) is 5. The molecular formula is C24H20ClN3O3S. The number of carbonyl (C=O) groups excluding carboxylic acids is 1. The molecule has 1 aromatic heterocycles. The second-order valence-electron chi connectivity index (χ2n) is 7.07. The Morgan fingerprint density at radius 1 is 1.12 bits per heavy atom. The molecule has 0 saturated heterocycles. The maximum Gasteiger partial charge on any atom is 0.266 e. The van der Waals surface area contributed by atoms with Gasteiger partial charge in [-0.15, -0.1) is 0 Å². The summed E-state index contributed by atoms with van der Waals surface area (Å²) in [5.41, 5.74) is 2.57. The standard InChI is InChI=1S/C24H20ClN3O3S/c1-15-7-10-17(11-8-15)26-22(29)14-32-24-27-19-13-16(25)9-12-18(19)23(30)28(24)20-5-3-4-6-21(20)31-2/h3-13H,14H2,1-2H3,(H,26,29). The third-order valence-electron chi connectivity index (χ3n) is 4.79. The molecule has 0 fully saturated rings. The van der Waals surface area contributed by atoms with Crippen LogP contribution in [0.15, 0.2) is 76.7 Å². The van der Waals surface area contributed by atoms with E-state index in [1.807, 2.05) is 43.3 Å². The van der Waals surface area contributed by atoms with E-state index in [2.05, 4.69) is 10.3 Å². The molecule has 8 heteroatoms. The van der Waals surface area contributed by atoms with Gasteiger partial charge in [-0.05, 0) is 49.4 Å². The number of rotatable bonds is 6. The molecule has 0 aliphatic rings. The second kappa shape index (κ2) is 9.46. The molecule has 0 bridgehead atoms. The minimum absolute atomic E-state index is 0.0710. The van der Waals surface area contributed by atoms with E-state index >= 15 is 0 Å². The normalized spacial score (nSPS) is 10.8. The first kappa shape index (κ1) is 21.9. The predicted octanol–water partition coefficient (Wildman–Crippen LogP) is 5.09. The van der Waals surface area contributed by atoms with Crippen molar-refractivity contribution in [3.8, 4) is 11.4 Å². The van der Waals surface area contributed by atoms with E-state index in [1.54, 1.807) is 37.4 Å². The third-order valence-corrected chi connectivity index (χ3v) is 5.97. The number of benzene rings is 3. The van der Waals surface area contributed by atoms with E-state index < -0.39 is 0 Å². The molecule has 162 valence electrons. The molecule has 1 amide bonds. The van der Waals surface area contributed by atoms with Crippen molar-refractivity contribution in [2.24, 2.45) is 0 Å². The van der Waals surface area contributed by atoms with Crippen molar-refractivity contribution in [1.29, 1.82) is 0 Å². The van der Waals surface area contributed by atoms with Crippen molar-refractivity contribution < 1.29 is 9.53 Å². The number of hydrogen-bond donors (Lipinski definition) is 1. The molecule has 1 N–H and O–H groups in total. The molecule has 4 aromatic rings. The molecule has 6 nitrogen and oxygen atoms in total. The van der Waals surface area contributed by atoms with Crippen molar-refractivity contribution in [2.45, 2.75) is 12.1 Å². The third kappa shape index (κ3) is 4.64. The number of thioether (sulfide) groups is 1. The lowest BCUT2D eigenvalue weighted by molar-refractivity contribution is -0.113. The quantitative estimate of drug-likeness (QED) is 0.317. The van der Waals surface area contributed by atoms with Gasteiger partial charge in [0.05, 0.1) is 29.5 Å². The highest BCUT2D eigenvalue weighted by Gasteiger charge is 2.17. The number of amides is 1. The van der Waals surface area contributed by atoms with E-state index in [1.165, 1.54) is 16.3 Å². The zero-order chi connectivity index (χ0) is 22.7. The monoisotopic (exact) mass is 465 g/mol. The van der Waals surface area contributed by atoms with Gasteiger partial charge in [-0.1, -0.05) is 53.2 Å². The average molecular weight is 466 g/mol. The van der Waals surface area contributed by atoms with Crippen molar-refractivity contribution in [3.05, 3.63) is 87.7 Å². The van der Waals surface area contributed by atoms with E-state index in [0.29, 0.717) is 38.2 Å². The molecule has 0 radical (unpaired) electrons. The van der Waals surface area contributed by atoms with Gasteiger partial charge in [-0.3, -0.25) is 14.2 Å². The van der Waals surface area contributed by atoms with Crippen molar-refractivity contribution in [3.63, 3.8) is 0 Å². The fourth-order valence-corrected chi connectivity index (χ4v) is 4.20. The number of ether oxygens (including phenoxy) is 1. The summed E-state index contributed by atoms with van der Waals surface area (Å²) in [6.07, 6.45) is 0. The highest BCUT2D eigenvalue weighted by Crippen LogP contribution is 2.28. The van der Waals surface area contributed by atoms with Crippen LogP contribution in [0.3, 0.4) is 0 Å². The fourth-order valence-electron chi connectivity index (χ4n) is 3.23. The van der Waals surface area contributed by atoms with Crippen LogP contribution in [-0.4, -0.2) is 28.3 Å². The molecule has 4 rings (SSSR count). The van der Waals surface area contributed by atoms with Crippen LogP contribution in [0, 0.1) is 6.92 Å². The summed E-state index contributed by atoms with van der Waals surface area (Å²) in [5.74, 6) is 0.392. The number of nitrogens with zero attached hydrogens (tertiary/aromatic N) is 2. The number of carbonyl (C=O) groups is 1. The van der Waals surface area contributed by atoms with Gasteiger partial charge in [0.2, 0.25) is 5.91 Å². The highest BCUT2D eigenvalue weighted by atomic mass is 35.5. The fraction of sp³-hybridized carbons (Fsp3) is 0.125. The molecule has 32 heavy (non-hydrogen) atoms.